The van der Waals surface area contributed by atoms with E-state index in [2.05, 4.69) is 10.9 Å². The molecule has 2 aliphatic rings. The fraction of sp³-hybridized carbons (Fsp3) is 0.391. The minimum Gasteiger partial charge on any atom is -0.342 e. The Hall–Kier alpha value is -2.50. The third-order valence-corrected chi connectivity index (χ3v) is 5.87. The molecule has 2 aromatic rings. The van der Waals surface area contributed by atoms with Gasteiger partial charge in [0.25, 0.3) is 0 Å². The normalized spacial score (nSPS) is 24.9. The van der Waals surface area contributed by atoms with Gasteiger partial charge in [0.15, 0.2) is 0 Å². The number of likely N-dealkylation sites (tertiary alicyclic amines) is 1. The number of nitrogens with one attached hydrogen (secondary N) is 2. The van der Waals surface area contributed by atoms with Crippen molar-refractivity contribution in [3.05, 3.63) is 71.8 Å². The standard InChI is InChI=1S/C23H27N3O2/c27-21(14-17-8-3-1-4-9-17)19-12-7-13-26(16-19)23(28)20-15-24-25-22(20)18-10-5-2-6-11-18/h1-6,8-11,19-20,22,24-25H,7,12-16H2. The minimum absolute atomic E-state index is 0.0332. The highest BCUT2D eigenvalue weighted by Gasteiger charge is 2.38. The Labute approximate surface area is 166 Å². The molecule has 2 fully saturated rings. The number of hydrazine groups is 1. The van der Waals surface area contributed by atoms with Crippen LogP contribution in [0.4, 0.5) is 0 Å². The Balaban J connectivity index is 1.41. The number of Topliss-reactive ketones (excluding diaryl/α,β-unsaturated/α-hetero) is 1. The number of piperidine rings is 1. The summed E-state index contributed by atoms with van der Waals surface area (Å²) >= 11 is 0. The first-order valence-corrected chi connectivity index (χ1v) is 10.1. The Morgan fingerprint density at radius 2 is 1.71 bits per heavy atom. The number of ketones is 1. The van der Waals surface area contributed by atoms with Gasteiger partial charge in [-0.3, -0.25) is 15.0 Å². The van der Waals surface area contributed by atoms with Gasteiger partial charge >= 0.3 is 0 Å². The molecule has 0 bridgehead atoms. The van der Waals surface area contributed by atoms with E-state index in [-0.39, 0.29) is 29.6 Å². The Bertz CT molecular complexity index is 809. The predicted molar refractivity (Wildman–Crippen MR) is 108 cm³/mol. The zero-order chi connectivity index (χ0) is 19.3. The highest BCUT2D eigenvalue weighted by atomic mass is 16.2. The lowest BCUT2D eigenvalue weighted by Crippen LogP contribution is -2.46. The lowest BCUT2D eigenvalue weighted by atomic mass is 9.88. The second-order valence-electron chi connectivity index (χ2n) is 7.77. The Morgan fingerprint density at radius 3 is 2.46 bits per heavy atom. The molecular formula is C23H27N3O2. The lowest BCUT2D eigenvalue weighted by molar-refractivity contribution is -0.138. The summed E-state index contributed by atoms with van der Waals surface area (Å²) in [5.41, 5.74) is 8.54. The van der Waals surface area contributed by atoms with Crippen molar-refractivity contribution in [3.63, 3.8) is 0 Å². The first kappa shape index (κ1) is 18.8. The van der Waals surface area contributed by atoms with E-state index in [9.17, 15) is 9.59 Å². The fourth-order valence-corrected chi connectivity index (χ4v) is 4.32. The van der Waals surface area contributed by atoms with Gasteiger partial charge in [-0.15, -0.1) is 0 Å². The van der Waals surface area contributed by atoms with Gasteiger partial charge in [0.05, 0.1) is 12.0 Å². The summed E-state index contributed by atoms with van der Waals surface area (Å²) in [6, 6.07) is 19.9. The van der Waals surface area contributed by atoms with Gasteiger partial charge in [0.1, 0.15) is 5.78 Å². The van der Waals surface area contributed by atoms with E-state index < -0.39 is 0 Å². The average molecular weight is 377 g/mol. The smallest absolute Gasteiger partial charge is 0.229 e. The third kappa shape index (κ3) is 4.16. The summed E-state index contributed by atoms with van der Waals surface area (Å²) in [6.07, 6.45) is 2.21. The van der Waals surface area contributed by atoms with Crippen molar-refractivity contribution < 1.29 is 9.59 Å². The Morgan fingerprint density at radius 1 is 1.00 bits per heavy atom. The molecule has 0 radical (unpaired) electrons. The van der Waals surface area contributed by atoms with Crippen LogP contribution in [0.5, 0.6) is 0 Å². The second kappa shape index (κ2) is 8.67. The van der Waals surface area contributed by atoms with Crippen LogP contribution in [-0.4, -0.2) is 36.2 Å². The van der Waals surface area contributed by atoms with Gasteiger partial charge in [-0.1, -0.05) is 60.7 Å². The molecule has 2 heterocycles. The summed E-state index contributed by atoms with van der Waals surface area (Å²) in [6.45, 7) is 1.89. The Kier molecular flexibility index (Phi) is 5.84. The van der Waals surface area contributed by atoms with Crippen molar-refractivity contribution in [1.29, 1.82) is 0 Å². The molecule has 0 aromatic heterocycles. The number of rotatable bonds is 5. The van der Waals surface area contributed by atoms with Crippen LogP contribution in [0.25, 0.3) is 0 Å². The number of carbonyl (C=O) groups excluding carboxylic acids is 2. The van der Waals surface area contributed by atoms with E-state index in [1.54, 1.807) is 0 Å². The molecule has 4 rings (SSSR count). The van der Waals surface area contributed by atoms with E-state index in [0.29, 0.717) is 19.5 Å². The van der Waals surface area contributed by atoms with Crippen LogP contribution in [0.3, 0.4) is 0 Å². The van der Waals surface area contributed by atoms with Gasteiger partial charge in [-0.2, -0.15) is 0 Å². The predicted octanol–water partition coefficient (Wildman–Crippen LogP) is 2.50. The molecule has 1 amide bonds. The van der Waals surface area contributed by atoms with Crippen LogP contribution < -0.4 is 10.9 Å². The minimum atomic E-state index is -0.148. The molecule has 2 aliphatic heterocycles. The number of amides is 1. The highest BCUT2D eigenvalue weighted by Crippen LogP contribution is 2.28. The number of hydrogen-bond acceptors (Lipinski definition) is 4. The number of benzene rings is 2. The van der Waals surface area contributed by atoms with Crippen LogP contribution in [0, 0.1) is 11.8 Å². The SMILES string of the molecule is O=C(Cc1ccccc1)C1CCCN(C(=O)C2CNNC2c2ccccc2)C1. The van der Waals surface area contributed by atoms with E-state index in [0.717, 1.165) is 30.5 Å². The van der Waals surface area contributed by atoms with Crippen molar-refractivity contribution in [1.82, 2.24) is 15.8 Å². The summed E-state index contributed by atoms with van der Waals surface area (Å²) in [5, 5.41) is 0. The molecule has 2 N–H and O–H groups in total. The maximum atomic E-state index is 13.2. The molecule has 3 unspecified atom stereocenters. The maximum Gasteiger partial charge on any atom is 0.229 e. The molecule has 146 valence electrons. The van der Waals surface area contributed by atoms with E-state index in [1.807, 2.05) is 65.6 Å². The first-order valence-electron chi connectivity index (χ1n) is 10.1. The van der Waals surface area contributed by atoms with Gasteiger partial charge in [-0.05, 0) is 24.0 Å². The van der Waals surface area contributed by atoms with Gasteiger partial charge in [0.2, 0.25) is 5.91 Å². The molecular weight excluding hydrogens is 350 g/mol. The number of nitrogens with zero attached hydrogens (tertiary/aromatic N) is 1. The molecule has 28 heavy (non-hydrogen) atoms. The molecule has 3 atom stereocenters. The van der Waals surface area contributed by atoms with Gasteiger partial charge in [0, 0.05) is 32.0 Å². The fourth-order valence-electron chi connectivity index (χ4n) is 4.32. The highest BCUT2D eigenvalue weighted by molar-refractivity contribution is 5.85. The van der Waals surface area contributed by atoms with Crippen molar-refractivity contribution >= 4 is 11.7 Å². The molecule has 2 aromatic carbocycles. The molecule has 0 saturated carbocycles. The summed E-state index contributed by atoms with van der Waals surface area (Å²) in [7, 11) is 0. The lowest BCUT2D eigenvalue weighted by Gasteiger charge is -2.34. The van der Waals surface area contributed by atoms with Gasteiger partial charge in [-0.25, -0.2) is 5.43 Å². The largest absolute Gasteiger partial charge is 0.342 e. The molecule has 5 nitrogen and oxygen atoms in total. The maximum absolute atomic E-state index is 13.2. The summed E-state index contributed by atoms with van der Waals surface area (Å²) in [5.74, 6) is 0.176. The monoisotopic (exact) mass is 377 g/mol. The van der Waals surface area contributed by atoms with Crippen molar-refractivity contribution in [2.24, 2.45) is 11.8 Å². The van der Waals surface area contributed by atoms with Crippen molar-refractivity contribution in [3.8, 4) is 0 Å². The third-order valence-electron chi connectivity index (χ3n) is 5.87. The number of carbonyl (C=O) groups is 2. The van der Waals surface area contributed by atoms with Crippen molar-refractivity contribution in [2.75, 3.05) is 19.6 Å². The van der Waals surface area contributed by atoms with Crippen molar-refractivity contribution in [2.45, 2.75) is 25.3 Å². The van der Waals surface area contributed by atoms with Crippen LogP contribution in [-0.2, 0) is 16.0 Å². The molecule has 2 saturated heterocycles. The quantitative estimate of drug-likeness (QED) is 0.841. The summed E-state index contributed by atoms with van der Waals surface area (Å²) in [4.78, 5) is 27.9. The van der Waals surface area contributed by atoms with Crippen LogP contribution >= 0.6 is 0 Å². The zero-order valence-electron chi connectivity index (χ0n) is 16.0. The summed E-state index contributed by atoms with van der Waals surface area (Å²) < 4.78 is 0. The molecule has 0 spiro atoms. The van der Waals surface area contributed by atoms with Crippen LogP contribution in [0.1, 0.15) is 30.0 Å². The van der Waals surface area contributed by atoms with E-state index in [1.165, 1.54) is 0 Å². The van der Waals surface area contributed by atoms with Gasteiger partial charge < -0.3 is 4.90 Å². The van der Waals surface area contributed by atoms with E-state index in [4.69, 9.17) is 0 Å². The second-order valence-corrected chi connectivity index (χ2v) is 7.77. The first-order chi connectivity index (χ1) is 13.7. The van der Waals surface area contributed by atoms with E-state index >= 15 is 0 Å². The van der Waals surface area contributed by atoms with Crippen LogP contribution in [0.2, 0.25) is 0 Å². The zero-order valence-corrected chi connectivity index (χ0v) is 16.0. The molecule has 5 heteroatoms. The number of hydrogen-bond donors (Lipinski definition) is 2. The average Bonchev–Trinajstić information content (AvgIpc) is 3.24. The molecule has 0 aliphatic carbocycles. The topological polar surface area (TPSA) is 61.4 Å². The van der Waals surface area contributed by atoms with Crippen LogP contribution in [0.15, 0.2) is 60.7 Å².